The molecular formula is C13H17Cl2NO. The molecule has 1 N–H and O–H groups in total. The SMILES string of the molecule is CC1(C)CCC(CNc2cccc(Cl)c2Cl)O1. The molecule has 17 heavy (non-hydrogen) atoms. The van der Waals surface area contributed by atoms with Gasteiger partial charge in [-0.2, -0.15) is 0 Å². The van der Waals surface area contributed by atoms with Crippen molar-refractivity contribution in [2.75, 3.05) is 11.9 Å². The van der Waals surface area contributed by atoms with E-state index in [0.29, 0.717) is 10.0 Å². The lowest BCUT2D eigenvalue weighted by molar-refractivity contribution is -0.00910. The molecule has 1 aromatic carbocycles. The molecule has 0 spiro atoms. The number of hydrogen-bond acceptors (Lipinski definition) is 2. The Hall–Kier alpha value is -0.440. The van der Waals surface area contributed by atoms with E-state index in [1.807, 2.05) is 12.1 Å². The molecule has 0 aliphatic carbocycles. The number of benzene rings is 1. The van der Waals surface area contributed by atoms with E-state index in [9.17, 15) is 0 Å². The van der Waals surface area contributed by atoms with Crippen molar-refractivity contribution in [2.45, 2.75) is 38.4 Å². The molecule has 2 rings (SSSR count). The molecule has 94 valence electrons. The first kappa shape index (κ1) is 13.0. The molecule has 1 aliphatic rings. The predicted molar refractivity (Wildman–Crippen MR) is 73.1 cm³/mol. The van der Waals surface area contributed by atoms with E-state index in [0.717, 1.165) is 25.1 Å². The summed E-state index contributed by atoms with van der Waals surface area (Å²) in [4.78, 5) is 0. The molecule has 0 amide bonds. The Morgan fingerprint density at radius 1 is 1.41 bits per heavy atom. The highest BCUT2D eigenvalue weighted by Gasteiger charge is 2.31. The van der Waals surface area contributed by atoms with Crippen LogP contribution in [0.5, 0.6) is 0 Å². The lowest BCUT2D eigenvalue weighted by atomic mass is 10.1. The lowest BCUT2D eigenvalue weighted by Crippen LogP contribution is -2.24. The van der Waals surface area contributed by atoms with Crippen LogP contribution in [-0.2, 0) is 4.74 Å². The van der Waals surface area contributed by atoms with Gasteiger partial charge in [0.05, 0.1) is 27.4 Å². The zero-order valence-corrected chi connectivity index (χ0v) is 11.6. The maximum absolute atomic E-state index is 6.10. The van der Waals surface area contributed by atoms with E-state index in [1.165, 1.54) is 0 Å². The molecule has 1 fully saturated rings. The van der Waals surface area contributed by atoms with Crippen LogP contribution in [0.2, 0.25) is 10.0 Å². The second-order valence-electron chi connectivity index (χ2n) is 5.02. The van der Waals surface area contributed by atoms with E-state index in [1.54, 1.807) is 6.07 Å². The average Bonchev–Trinajstić information content (AvgIpc) is 2.61. The second-order valence-corrected chi connectivity index (χ2v) is 5.81. The fourth-order valence-corrected chi connectivity index (χ4v) is 2.45. The first-order valence-corrected chi connectivity index (χ1v) is 6.59. The highest BCUT2D eigenvalue weighted by Crippen LogP contribution is 2.32. The monoisotopic (exact) mass is 273 g/mol. The maximum atomic E-state index is 6.10. The van der Waals surface area contributed by atoms with E-state index < -0.39 is 0 Å². The Morgan fingerprint density at radius 2 is 2.18 bits per heavy atom. The third kappa shape index (κ3) is 3.27. The number of rotatable bonds is 3. The van der Waals surface area contributed by atoms with Crippen LogP contribution >= 0.6 is 23.2 Å². The Bertz CT molecular complexity index is 406. The first-order chi connectivity index (χ1) is 7.98. The zero-order valence-electron chi connectivity index (χ0n) is 10.1. The van der Waals surface area contributed by atoms with Crippen LogP contribution in [0.25, 0.3) is 0 Å². The fraction of sp³-hybridized carbons (Fsp3) is 0.538. The molecule has 2 nitrogen and oxygen atoms in total. The number of ether oxygens (including phenoxy) is 1. The van der Waals surface area contributed by atoms with Gasteiger partial charge in [0.2, 0.25) is 0 Å². The molecule has 1 atom stereocenters. The van der Waals surface area contributed by atoms with Gasteiger partial charge >= 0.3 is 0 Å². The van der Waals surface area contributed by atoms with Gasteiger partial charge in [0.15, 0.2) is 0 Å². The summed E-state index contributed by atoms with van der Waals surface area (Å²) in [6, 6.07) is 5.59. The quantitative estimate of drug-likeness (QED) is 0.884. The van der Waals surface area contributed by atoms with Crippen LogP contribution < -0.4 is 5.32 Å². The molecular weight excluding hydrogens is 257 g/mol. The van der Waals surface area contributed by atoms with Crippen molar-refractivity contribution < 1.29 is 4.74 Å². The van der Waals surface area contributed by atoms with Crippen molar-refractivity contribution >= 4 is 28.9 Å². The average molecular weight is 274 g/mol. The largest absolute Gasteiger partial charge is 0.381 e. The summed E-state index contributed by atoms with van der Waals surface area (Å²) < 4.78 is 5.90. The summed E-state index contributed by atoms with van der Waals surface area (Å²) in [7, 11) is 0. The first-order valence-electron chi connectivity index (χ1n) is 5.84. The molecule has 4 heteroatoms. The zero-order chi connectivity index (χ0) is 12.5. The number of nitrogens with one attached hydrogen (secondary N) is 1. The number of hydrogen-bond donors (Lipinski definition) is 1. The molecule has 0 bridgehead atoms. The molecule has 1 saturated heterocycles. The molecule has 0 saturated carbocycles. The smallest absolute Gasteiger partial charge is 0.0823 e. The van der Waals surface area contributed by atoms with Crippen LogP contribution in [0.4, 0.5) is 5.69 Å². The van der Waals surface area contributed by atoms with Gasteiger partial charge in [0, 0.05) is 6.54 Å². The minimum Gasteiger partial charge on any atom is -0.381 e. The van der Waals surface area contributed by atoms with Gasteiger partial charge in [-0.25, -0.2) is 0 Å². The summed E-state index contributed by atoms with van der Waals surface area (Å²) in [5.74, 6) is 0. The summed E-state index contributed by atoms with van der Waals surface area (Å²) in [5.41, 5.74) is 0.872. The highest BCUT2D eigenvalue weighted by molar-refractivity contribution is 6.43. The summed E-state index contributed by atoms with van der Waals surface area (Å²) >= 11 is 12.1. The van der Waals surface area contributed by atoms with Crippen molar-refractivity contribution in [3.05, 3.63) is 28.2 Å². The van der Waals surface area contributed by atoms with Crippen LogP contribution in [0.15, 0.2) is 18.2 Å². The summed E-state index contributed by atoms with van der Waals surface area (Å²) in [6.45, 7) is 5.02. The highest BCUT2D eigenvalue weighted by atomic mass is 35.5. The fourth-order valence-electron chi connectivity index (χ4n) is 2.09. The minimum absolute atomic E-state index is 0.00444. The van der Waals surface area contributed by atoms with Crippen LogP contribution in [0.3, 0.4) is 0 Å². The van der Waals surface area contributed by atoms with Gasteiger partial charge in [0.1, 0.15) is 0 Å². The molecule has 0 aromatic heterocycles. The van der Waals surface area contributed by atoms with Gasteiger partial charge in [0.25, 0.3) is 0 Å². The standard InChI is InChI=1S/C13H17Cl2NO/c1-13(2)7-6-9(17-13)8-16-11-5-3-4-10(14)12(11)15/h3-5,9,16H,6-8H2,1-2H3. The van der Waals surface area contributed by atoms with Gasteiger partial charge in [-0.05, 0) is 38.8 Å². The summed E-state index contributed by atoms with van der Waals surface area (Å²) in [6.07, 6.45) is 2.43. The van der Waals surface area contributed by atoms with Crippen molar-refractivity contribution in [2.24, 2.45) is 0 Å². The topological polar surface area (TPSA) is 21.3 Å². The van der Waals surface area contributed by atoms with E-state index in [2.05, 4.69) is 19.2 Å². The van der Waals surface area contributed by atoms with Gasteiger partial charge in [-0.15, -0.1) is 0 Å². The number of halogens is 2. The normalized spacial score (nSPS) is 22.7. The Labute approximate surface area is 112 Å². The molecule has 1 aliphatic heterocycles. The lowest BCUT2D eigenvalue weighted by Gasteiger charge is -2.20. The molecule has 0 radical (unpaired) electrons. The van der Waals surface area contributed by atoms with E-state index >= 15 is 0 Å². The molecule has 1 aromatic rings. The Kier molecular flexibility index (Phi) is 3.86. The number of anilines is 1. The van der Waals surface area contributed by atoms with Crippen LogP contribution in [0.1, 0.15) is 26.7 Å². The second kappa shape index (κ2) is 5.05. The van der Waals surface area contributed by atoms with Crippen molar-refractivity contribution in [3.8, 4) is 0 Å². The van der Waals surface area contributed by atoms with Crippen molar-refractivity contribution in [1.82, 2.24) is 0 Å². The van der Waals surface area contributed by atoms with E-state index in [4.69, 9.17) is 27.9 Å². The van der Waals surface area contributed by atoms with Crippen molar-refractivity contribution in [3.63, 3.8) is 0 Å². The third-order valence-electron chi connectivity index (χ3n) is 3.03. The molecule has 1 unspecified atom stereocenters. The maximum Gasteiger partial charge on any atom is 0.0823 e. The van der Waals surface area contributed by atoms with Gasteiger partial charge < -0.3 is 10.1 Å². The van der Waals surface area contributed by atoms with Crippen LogP contribution in [-0.4, -0.2) is 18.2 Å². The van der Waals surface area contributed by atoms with E-state index in [-0.39, 0.29) is 11.7 Å². The van der Waals surface area contributed by atoms with Gasteiger partial charge in [-0.1, -0.05) is 29.3 Å². The minimum atomic E-state index is 0.00444. The van der Waals surface area contributed by atoms with Crippen molar-refractivity contribution in [1.29, 1.82) is 0 Å². The Balaban J connectivity index is 1.93. The van der Waals surface area contributed by atoms with Gasteiger partial charge in [-0.3, -0.25) is 0 Å². The summed E-state index contributed by atoms with van der Waals surface area (Å²) in [5, 5.41) is 4.44. The predicted octanol–water partition coefficient (Wildman–Crippen LogP) is 4.36. The third-order valence-corrected chi connectivity index (χ3v) is 3.84. The van der Waals surface area contributed by atoms with Crippen LogP contribution in [0, 0.1) is 0 Å². The Morgan fingerprint density at radius 3 is 2.82 bits per heavy atom. The molecule has 1 heterocycles.